The number of alkyl halides is 2. The maximum atomic E-state index is 14.3. The molecule has 2 aromatic carbocycles. The van der Waals surface area contributed by atoms with E-state index in [9.17, 15) is 13.6 Å². The van der Waals surface area contributed by atoms with Gasteiger partial charge in [-0.1, -0.05) is 54.6 Å². The third-order valence-electron chi connectivity index (χ3n) is 3.36. The van der Waals surface area contributed by atoms with E-state index >= 15 is 0 Å². The molecule has 0 saturated carbocycles. The summed E-state index contributed by atoms with van der Waals surface area (Å²) >= 11 is 0. The molecule has 6 heteroatoms. The summed E-state index contributed by atoms with van der Waals surface area (Å²) < 4.78 is 33.4. The number of rotatable bonds is 4. The van der Waals surface area contributed by atoms with Gasteiger partial charge in [0.2, 0.25) is 5.89 Å². The van der Waals surface area contributed by atoms with Gasteiger partial charge < -0.3 is 4.42 Å². The Hall–Kier alpha value is -2.89. The van der Waals surface area contributed by atoms with Gasteiger partial charge in [-0.25, -0.2) is 0 Å². The summed E-state index contributed by atoms with van der Waals surface area (Å²) in [5.74, 6) is -5.87. The average molecular weight is 314 g/mol. The highest BCUT2D eigenvalue weighted by atomic mass is 19.3. The molecule has 4 nitrogen and oxygen atoms in total. The van der Waals surface area contributed by atoms with Crippen LogP contribution in [-0.4, -0.2) is 16.0 Å². The average Bonchev–Trinajstić information content (AvgIpc) is 3.01. The fourth-order valence-corrected chi connectivity index (χ4v) is 2.16. The third kappa shape index (κ3) is 2.88. The van der Waals surface area contributed by atoms with Crippen LogP contribution in [-0.2, 0) is 5.92 Å². The molecule has 0 saturated heterocycles. The molecule has 0 aliphatic heterocycles. The van der Waals surface area contributed by atoms with Gasteiger partial charge in [0, 0.05) is 12.5 Å². The lowest BCUT2D eigenvalue weighted by Gasteiger charge is -2.13. The number of benzene rings is 2. The Labute approximate surface area is 130 Å². The Bertz CT molecular complexity index is 827. The van der Waals surface area contributed by atoms with Crippen molar-refractivity contribution in [3.8, 4) is 11.1 Å². The molecule has 0 aliphatic rings. The van der Waals surface area contributed by atoms with Gasteiger partial charge in [-0.15, -0.1) is 10.2 Å². The standard InChI is InChI=1S/C17H12F2N2O2/c1-11-20-21-16(23-11)15(22)17(18,19)14-9-7-13(8-10-14)12-5-3-2-4-6-12/h2-10H,1H3. The van der Waals surface area contributed by atoms with Crippen LogP contribution >= 0.6 is 0 Å². The summed E-state index contributed by atoms with van der Waals surface area (Å²) in [5, 5.41) is 6.75. The van der Waals surface area contributed by atoms with Crippen LogP contribution in [0, 0.1) is 6.92 Å². The Morgan fingerprint density at radius 1 is 0.957 bits per heavy atom. The molecular weight excluding hydrogens is 302 g/mol. The van der Waals surface area contributed by atoms with Crippen molar-refractivity contribution in [1.82, 2.24) is 10.2 Å². The molecule has 0 radical (unpaired) electrons. The van der Waals surface area contributed by atoms with E-state index in [4.69, 9.17) is 4.42 Å². The van der Waals surface area contributed by atoms with E-state index in [0.717, 1.165) is 11.1 Å². The van der Waals surface area contributed by atoms with Gasteiger partial charge in [0.25, 0.3) is 11.7 Å². The number of hydrogen-bond acceptors (Lipinski definition) is 4. The Kier molecular flexibility index (Phi) is 3.73. The predicted molar refractivity (Wildman–Crippen MR) is 79.1 cm³/mol. The van der Waals surface area contributed by atoms with Gasteiger partial charge in [0.05, 0.1) is 0 Å². The van der Waals surface area contributed by atoms with Crippen molar-refractivity contribution in [2.24, 2.45) is 0 Å². The first-order valence-electron chi connectivity index (χ1n) is 6.87. The molecule has 1 aromatic heterocycles. The molecule has 3 rings (SSSR count). The number of carbonyl (C=O) groups excluding carboxylic acids is 1. The fourth-order valence-electron chi connectivity index (χ4n) is 2.16. The van der Waals surface area contributed by atoms with Gasteiger partial charge in [-0.05, 0) is 11.1 Å². The van der Waals surface area contributed by atoms with E-state index in [-0.39, 0.29) is 5.89 Å². The predicted octanol–water partition coefficient (Wildman–Crippen LogP) is 4.02. The Morgan fingerprint density at radius 3 is 2.13 bits per heavy atom. The normalized spacial score (nSPS) is 11.4. The van der Waals surface area contributed by atoms with E-state index < -0.39 is 23.2 Å². The van der Waals surface area contributed by atoms with Crippen LogP contribution in [0.5, 0.6) is 0 Å². The van der Waals surface area contributed by atoms with Gasteiger partial charge in [-0.2, -0.15) is 8.78 Å². The number of halogens is 2. The van der Waals surface area contributed by atoms with Crippen LogP contribution in [0.2, 0.25) is 0 Å². The molecule has 0 N–H and O–H groups in total. The summed E-state index contributed by atoms with van der Waals surface area (Å²) in [6.45, 7) is 1.43. The van der Waals surface area contributed by atoms with Crippen molar-refractivity contribution in [3.05, 3.63) is 71.9 Å². The molecule has 0 atom stereocenters. The maximum Gasteiger partial charge on any atom is 0.339 e. The molecule has 0 unspecified atom stereocenters. The molecule has 0 fully saturated rings. The first kappa shape index (κ1) is 15.0. The minimum atomic E-state index is -3.73. The number of nitrogens with zero attached hydrogens (tertiary/aromatic N) is 2. The molecular formula is C17H12F2N2O2. The van der Waals surface area contributed by atoms with Crippen LogP contribution in [0.3, 0.4) is 0 Å². The maximum absolute atomic E-state index is 14.3. The first-order valence-corrected chi connectivity index (χ1v) is 6.87. The third-order valence-corrected chi connectivity index (χ3v) is 3.36. The number of Topliss-reactive ketones (excluding diaryl/α,β-unsaturated/α-hetero) is 1. The Balaban J connectivity index is 1.90. The van der Waals surface area contributed by atoms with E-state index in [1.54, 1.807) is 12.1 Å². The second kappa shape index (κ2) is 5.72. The highest BCUT2D eigenvalue weighted by Crippen LogP contribution is 2.33. The smallest absolute Gasteiger partial charge is 0.339 e. The molecule has 23 heavy (non-hydrogen) atoms. The molecule has 116 valence electrons. The SMILES string of the molecule is Cc1nnc(C(=O)C(F)(F)c2ccc(-c3ccccc3)cc2)o1. The van der Waals surface area contributed by atoms with Gasteiger partial charge in [0.1, 0.15) is 0 Å². The zero-order valence-electron chi connectivity index (χ0n) is 12.2. The van der Waals surface area contributed by atoms with E-state index in [1.165, 1.54) is 19.1 Å². The summed E-state index contributed by atoms with van der Waals surface area (Å²) in [6, 6.07) is 14.9. The van der Waals surface area contributed by atoms with Crippen molar-refractivity contribution >= 4 is 5.78 Å². The lowest BCUT2D eigenvalue weighted by atomic mass is 9.99. The molecule has 0 amide bonds. The summed E-state index contributed by atoms with van der Waals surface area (Å²) in [4.78, 5) is 11.9. The van der Waals surface area contributed by atoms with Crippen molar-refractivity contribution in [2.75, 3.05) is 0 Å². The van der Waals surface area contributed by atoms with Crippen LogP contribution < -0.4 is 0 Å². The minimum Gasteiger partial charge on any atom is -0.418 e. The second-order valence-corrected chi connectivity index (χ2v) is 4.97. The quantitative estimate of drug-likeness (QED) is 0.683. The van der Waals surface area contributed by atoms with E-state index in [2.05, 4.69) is 10.2 Å². The van der Waals surface area contributed by atoms with Crippen molar-refractivity contribution in [3.63, 3.8) is 0 Å². The topological polar surface area (TPSA) is 56.0 Å². The Morgan fingerprint density at radius 2 is 1.57 bits per heavy atom. The molecule has 3 aromatic rings. The van der Waals surface area contributed by atoms with Crippen LogP contribution in [0.4, 0.5) is 8.78 Å². The second-order valence-electron chi connectivity index (χ2n) is 4.97. The summed E-state index contributed by atoms with van der Waals surface area (Å²) in [6.07, 6.45) is 0. The fraction of sp³-hybridized carbons (Fsp3) is 0.118. The van der Waals surface area contributed by atoms with E-state index in [1.807, 2.05) is 30.3 Å². The number of hydrogen-bond donors (Lipinski definition) is 0. The summed E-state index contributed by atoms with van der Waals surface area (Å²) in [5.41, 5.74) is 1.27. The number of carbonyl (C=O) groups is 1. The first-order chi connectivity index (χ1) is 11.0. The molecule has 0 spiro atoms. The molecule has 1 heterocycles. The van der Waals surface area contributed by atoms with Crippen molar-refractivity contribution < 1.29 is 18.0 Å². The van der Waals surface area contributed by atoms with Gasteiger partial charge in [-0.3, -0.25) is 4.79 Å². The highest BCUT2D eigenvalue weighted by Gasteiger charge is 2.44. The zero-order chi connectivity index (χ0) is 16.4. The zero-order valence-corrected chi connectivity index (χ0v) is 12.2. The number of ketones is 1. The lowest BCUT2D eigenvalue weighted by Crippen LogP contribution is -2.26. The van der Waals surface area contributed by atoms with Crippen LogP contribution in [0.15, 0.2) is 59.0 Å². The van der Waals surface area contributed by atoms with Crippen LogP contribution in [0.25, 0.3) is 11.1 Å². The van der Waals surface area contributed by atoms with Gasteiger partial charge >= 0.3 is 5.92 Å². The highest BCUT2D eigenvalue weighted by molar-refractivity contribution is 5.98. The lowest BCUT2D eigenvalue weighted by molar-refractivity contribution is 0.00415. The summed E-state index contributed by atoms with van der Waals surface area (Å²) in [7, 11) is 0. The number of aryl methyl sites for hydroxylation is 1. The molecule has 0 aliphatic carbocycles. The molecule has 0 bridgehead atoms. The van der Waals surface area contributed by atoms with Crippen LogP contribution in [0.1, 0.15) is 22.1 Å². The van der Waals surface area contributed by atoms with Crippen molar-refractivity contribution in [1.29, 1.82) is 0 Å². The van der Waals surface area contributed by atoms with Crippen molar-refractivity contribution in [2.45, 2.75) is 12.8 Å². The largest absolute Gasteiger partial charge is 0.418 e. The van der Waals surface area contributed by atoms with Gasteiger partial charge in [0.15, 0.2) is 0 Å². The minimum absolute atomic E-state index is 0.0589. The van der Waals surface area contributed by atoms with E-state index in [0.29, 0.717) is 0 Å². The number of aromatic nitrogens is 2. The monoisotopic (exact) mass is 314 g/mol.